The molecule has 0 unspecified atom stereocenters. The molecule has 0 amide bonds. The number of nitrogens with zero attached hydrogens (tertiary/aromatic N) is 1. The third kappa shape index (κ3) is 4.71. The minimum absolute atomic E-state index is 0.318. The summed E-state index contributed by atoms with van der Waals surface area (Å²) < 4.78 is 57.5. The van der Waals surface area contributed by atoms with Crippen molar-refractivity contribution in [2.45, 2.75) is 5.51 Å². The van der Waals surface area contributed by atoms with E-state index < -0.39 is 15.6 Å². The highest BCUT2D eigenvalue weighted by molar-refractivity contribution is 7.86. The summed E-state index contributed by atoms with van der Waals surface area (Å²) in [6.07, 6.45) is 0. The van der Waals surface area contributed by atoms with Crippen molar-refractivity contribution in [2.75, 3.05) is 19.1 Å². The van der Waals surface area contributed by atoms with Gasteiger partial charge in [0.25, 0.3) is 0 Å². The molecule has 0 saturated carbocycles. The normalized spacial score (nSPS) is 11.7. The maximum atomic E-state index is 10.7. The highest BCUT2D eigenvalue weighted by Crippen LogP contribution is 2.31. The molecule has 10 heteroatoms. The molecule has 0 spiro atoms. The standard InChI is InChI=1S/C12H14N2O.CHF3O3S/c1-13-14(2)11-7-8-12(15)10-6-4-3-5-9(10)11;2-1(3,4)8(5,6)7/h3-8,13,15H,1-2H3;(H,5,6,7). The second kappa shape index (κ2) is 7.02. The van der Waals surface area contributed by atoms with Gasteiger partial charge in [-0.1, -0.05) is 24.3 Å². The Balaban J connectivity index is 0.000000284. The lowest BCUT2D eigenvalue weighted by Gasteiger charge is -2.19. The first-order valence-electron chi connectivity index (χ1n) is 6.14. The molecule has 128 valence electrons. The molecule has 2 aromatic carbocycles. The lowest BCUT2D eigenvalue weighted by Crippen LogP contribution is -2.30. The summed E-state index contributed by atoms with van der Waals surface area (Å²) in [5.74, 6) is 0.318. The van der Waals surface area contributed by atoms with Crippen LogP contribution >= 0.6 is 0 Å². The Bertz CT molecular complexity index is 778. The number of nitrogens with one attached hydrogen (secondary N) is 1. The summed E-state index contributed by atoms with van der Waals surface area (Å²) in [6, 6.07) is 11.4. The highest BCUT2D eigenvalue weighted by Gasteiger charge is 2.44. The summed E-state index contributed by atoms with van der Waals surface area (Å²) in [7, 11) is -2.03. The van der Waals surface area contributed by atoms with E-state index in [1.54, 1.807) is 6.07 Å². The van der Waals surface area contributed by atoms with Crippen molar-refractivity contribution >= 4 is 26.6 Å². The van der Waals surface area contributed by atoms with Crippen molar-refractivity contribution in [3.05, 3.63) is 36.4 Å². The number of fused-ring (bicyclic) bond motifs is 1. The Labute approximate surface area is 130 Å². The van der Waals surface area contributed by atoms with Crippen LogP contribution in [0.15, 0.2) is 36.4 Å². The Morgan fingerprint density at radius 1 is 1.09 bits per heavy atom. The molecule has 0 radical (unpaired) electrons. The average Bonchev–Trinajstić information content (AvgIpc) is 2.46. The molecule has 0 aliphatic carbocycles. The maximum absolute atomic E-state index is 10.7. The lowest BCUT2D eigenvalue weighted by molar-refractivity contribution is -0.0510. The van der Waals surface area contributed by atoms with Crippen LogP contribution in [0.5, 0.6) is 5.75 Å². The average molecular weight is 352 g/mol. The number of hydrogen-bond donors (Lipinski definition) is 3. The van der Waals surface area contributed by atoms with Crippen molar-refractivity contribution in [3.63, 3.8) is 0 Å². The van der Waals surface area contributed by atoms with Gasteiger partial charge in [0.1, 0.15) is 5.75 Å². The van der Waals surface area contributed by atoms with Crippen molar-refractivity contribution in [1.82, 2.24) is 5.43 Å². The van der Waals surface area contributed by atoms with Crippen LogP contribution in [-0.4, -0.2) is 37.7 Å². The summed E-state index contributed by atoms with van der Waals surface area (Å²) in [6.45, 7) is 0. The molecule has 6 nitrogen and oxygen atoms in total. The van der Waals surface area contributed by atoms with Gasteiger partial charge in [-0.25, -0.2) is 5.43 Å². The Morgan fingerprint density at radius 3 is 2.00 bits per heavy atom. The van der Waals surface area contributed by atoms with E-state index in [0.717, 1.165) is 16.5 Å². The zero-order valence-electron chi connectivity index (χ0n) is 12.2. The van der Waals surface area contributed by atoms with E-state index in [1.165, 1.54) is 0 Å². The Kier molecular flexibility index (Phi) is 5.81. The number of benzene rings is 2. The van der Waals surface area contributed by atoms with Crippen LogP contribution in [0.1, 0.15) is 0 Å². The van der Waals surface area contributed by atoms with Gasteiger partial charge in [-0.05, 0) is 12.1 Å². The number of hydrazine groups is 1. The molecule has 23 heavy (non-hydrogen) atoms. The maximum Gasteiger partial charge on any atom is 0.522 e. The van der Waals surface area contributed by atoms with E-state index in [1.807, 2.05) is 49.4 Å². The van der Waals surface area contributed by atoms with Crippen molar-refractivity contribution in [2.24, 2.45) is 0 Å². The van der Waals surface area contributed by atoms with Crippen LogP contribution in [0.3, 0.4) is 0 Å². The minimum Gasteiger partial charge on any atom is -0.507 e. The summed E-state index contributed by atoms with van der Waals surface area (Å²) >= 11 is 0. The van der Waals surface area contributed by atoms with Crippen LogP contribution < -0.4 is 10.4 Å². The third-order valence-corrected chi connectivity index (χ3v) is 3.45. The van der Waals surface area contributed by atoms with Gasteiger partial charge in [-0.2, -0.15) is 21.6 Å². The van der Waals surface area contributed by atoms with Gasteiger partial charge in [-0.3, -0.25) is 4.55 Å². The number of halogens is 3. The Morgan fingerprint density at radius 2 is 1.57 bits per heavy atom. The van der Waals surface area contributed by atoms with Gasteiger partial charge >= 0.3 is 15.6 Å². The second-order valence-corrected chi connectivity index (χ2v) is 5.77. The fraction of sp³-hybridized carbons (Fsp3) is 0.231. The van der Waals surface area contributed by atoms with Crippen LogP contribution in [0.4, 0.5) is 18.9 Å². The largest absolute Gasteiger partial charge is 0.522 e. The molecule has 2 aromatic rings. The molecular formula is C13H15F3N2O4S. The molecule has 0 aliphatic heterocycles. The number of hydrogen-bond acceptors (Lipinski definition) is 5. The molecule has 0 heterocycles. The smallest absolute Gasteiger partial charge is 0.507 e. The summed E-state index contributed by atoms with van der Waals surface area (Å²) in [5, 5.41) is 13.5. The van der Waals surface area contributed by atoms with Crippen LogP contribution in [-0.2, 0) is 10.1 Å². The third-order valence-electron chi connectivity index (χ3n) is 2.87. The van der Waals surface area contributed by atoms with Crippen LogP contribution in [0.25, 0.3) is 10.8 Å². The number of aromatic hydroxyl groups is 1. The number of rotatable bonds is 2. The van der Waals surface area contributed by atoms with Crippen molar-refractivity contribution in [3.8, 4) is 5.75 Å². The van der Waals surface area contributed by atoms with Gasteiger partial charge in [0, 0.05) is 24.9 Å². The van der Waals surface area contributed by atoms with E-state index in [9.17, 15) is 18.3 Å². The molecular weight excluding hydrogens is 337 g/mol. The van der Waals surface area contributed by atoms with Gasteiger partial charge in [0.15, 0.2) is 0 Å². The van der Waals surface area contributed by atoms with Gasteiger partial charge in [-0.15, -0.1) is 0 Å². The zero-order valence-corrected chi connectivity index (χ0v) is 13.0. The molecule has 0 saturated heterocycles. The SMILES string of the molecule is CNN(C)c1ccc(O)c2ccccc12.O=S(=O)(O)C(F)(F)F. The van der Waals surface area contributed by atoms with Gasteiger partial charge in [0.05, 0.1) is 5.69 Å². The second-order valence-electron chi connectivity index (χ2n) is 4.35. The quantitative estimate of drug-likeness (QED) is 0.437. The predicted molar refractivity (Wildman–Crippen MR) is 80.7 cm³/mol. The molecule has 3 N–H and O–H groups in total. The zero-order chi connectivity index (χ0) is 17.8. The molecule has 0 fully saturated rings. The van der Waals surface area contributed by atoms with Crippen molar-refractivity contribution < 1.29 is 31.2 Å². The van der Waals surface area contributed by atoms with Gasteiger partial charge in [0.2, 0.25) is 0 Å². The monoisotopic (exact) mass is 352 g/mol. The lowest BCUT2D eigenvalue weighted by atomic mass is 10.1. The fourth-order valence-corrected chi connectivity index (χ4v) is 1.68. The number of alkyl halides is 3. The van der Waals surface area contributed by atoms with E-state index in [-0.39, 0.29) is 0 Å². The highest BCUT2D eigenvalue weighted by atomic mass is 32.2. The van der Waals surface area contributed by atoms with E-state index in [4.69, 9.17) is 13.0 Å². The first-order valence-corrected chi connectivity index (χ1v) is 7.58. The topological polar surface area (TPSA) is 89.9 Å². The van der Waals surface area contributed by atoms with Gasteiger partial charge < -0.3 is 10.1 Å². The fourth-order valence-electron chi connectivity index (χ4n) is 1.68. The minimum atomic E-state index is -5.84. The number of phenolic OH excluding ortho intramolecular Hbond substituents is 1. The summed E-state index contributed by atoms with van der Waals surface area (Å²) in [5.41, 5.74) is -1.44. The first kappa shape index (κ1) is 19.0. The van der Waals surface area contributed by atoms with E-state index in [2.05, 4.69) is 5.43 Å². The molecule has 0 bridgehead atoms. The molecule has 0 atom stereocenters. The van der Waals surface area contributed by atoms with Crippen LogP contribution in [0, 0.1) is 0 Å². The molecule has 0 aliphatic rings. The molecule has 0 aromatic heterocycles. The summed E-state index contributed by atoms with van der Waals surface area (Å²) in [4.78, 5) is 0. The van der Waals surface area contributed by atoms with E-state index in [0.29, 0.717) is 5.75 Å². The Hall–Kier alpha value is -2.04. The van der Waals surface area contributed by atoms with E-state index >= 15 is 0 Å². The number of phenols is 1. The predicted octanol–water partition coefficient (Wildman–Crippen LogP) is 2.51. The van der Waals surface area contributed by atoms with Crippen molar-refractivity contribution in [1.29, 1.82) is 0 Å². The van der Waals surface area contributed by atoms with Crippen LogP contribution in [0.2, 0.25) is 0 Å². The number of anilines is 1. The first-order chi connectivity index (χ1) is 10.5. The molecule has 2 rings (SSSR count).